The molecule has 1 N–H and O–H groups in total. The second-order valence-electron chi connectivity index (χ2n) is 3.88. The lowest BCUT2D eigenvalue weighted by Gasteiger charge is -2.04. The van der Waals surface area contributed by atoms with Crippen molar-refractivity contribution in [3.63, 3.8) is 0 Å². The smallest absolute Gasteiger partial charge is 0.157 e. The van der Waals surface area contributed by atoms with Crippen molar-refractivity contribution >= 4 is 0 Å². The number of hydrogen-bond donors (Lipinski definition) is 1. The SMILES string of the molecule is CCCn1cc(OCCCNCCOC)cn1. The molecule has 0 radical (unpaired) electrons. The van der Waals surface area contributed by atoms with Gasteiger partial charge in [0.05, 0.1) is 25.6 Å². The number of nitrogens with zero attached hydrogens (tertiary/aromatic N) is 2. The molecule has 0 bridgehead atoms. The number of aromatic nitrogens is 2. The average Bonchev–Trinajstić information content (AvgIpc) is 2.76. The van der Waals surface area contributed by atoms with E-state index in [1.165, 1.54) is 0 Å². The summed E-state index contributed by atoms with van der Waals surface area (Å²) in [6.45, 7) is 6.40. The summed E-state index contributed by atoms with van der Waals surface area (Å²) in [6.07, 6.45) is 5.79. The second kappa shape index (κ2) is 9.01. The number of aryl methyl sites for hydroxylation is 1. The number of nitrogens with one attached hydrogen (secondary N) is 1. The monoisotopic (exact) mass is 241 g/mol. The van der Waals surface area contributed by atoms with Crippen molar-refractivity contribution in [3.05, 3.63) is 12.4 Å². The first-order chi connectivity index (χ1) is 8.36. The van der Waals surface area contributed by atoms with E-state index in [1.54, 1.807) is 13.3 Å². The predicted octanol–water partition coefficient (Wildman–Crippen LogP) is 1.30. The minimum absolute atomic E-state index is 0.720. The molecule has 98 valence electrons. The van der Waals surface area contributed by atoms with Gasteiger partial charge in [0.1, 0.15) is 0 Å². The molecule has 0 atom stereocenters. The number of methoxy groups -OCH3 is 1. The zero-order chi connectivity index (χ0) is 12.3. The molecule has 1 aromatic rings. The maximum atomic E-state index is 5.58. The van der Waals surface area contributed by atoms with Crippen LogP contribution in [-0.2, 0) is 11.3 Å². The minimum Gasteiger partial charge on any atom is -0.490 e. The van der Waals surface area contributed by atoms with Crippen molar-refractivity contribution in [1.82, 2.24) is 15.1 Å². The molecule has 0 aromatic carbocycles. The maximum absolute atomic E-state index is 5.58. The minimum atomic E-state index is 0.720. The van der Waals surface area contributed by atoms with Crippen LogP contribution in [0.3, 0.4) is 0 Å². The van der Waals surface area contributed by atoms with Gasteiger partial charge in [-0.1, -0.05) is 6.92 Å². The van der Waals surface area contributed by atoms with Gasteiger partial charge in [-0.2, -0.15) is 5.10 Å². The molecule has 1 rings (SSSR count). The predicted molar refractivity (Wildman–Crippen MR) is 67.4 cm³/mol. The highest BCUT2D eigenvalue weighted by Gasteiger charge is 1.98. The van der Waals surface area contributed by atoms with Crippen molar-refractivity contribution in [1.29, 1.82) is 0 Å². The van der Waals surface area contributed by atoms with Crippen LogP contribution in [-0.4, -0.2) is 43.2 Å². The Morgan fingerprint density at radius 1 is 1.35 bits per heavy atom. The summed E-state index contributed by atoms with van der Waals surface area (Å²) in [4.78, 5) is 0. The van der Waals surface area contributed by atoms with E-state index in [4.69, 9.17) is 9.47 Å². The van der Waals surface area contributed by atoms with Gasteiger partial charge in [-0.15, -0.1) is 0 Å². The molecule has 5 nitrogen and oxygen atoms in total. The first kappa shape index (κ1) is 14.0. The Kier molecular flexibility index (Phi) is 7.42. The fraction of sp³-hybridized carbons (Fsp3) is 0.750. The molecule has 17 heavy (non-hydrogen) atoms. The summed E-state index contributed by atoms with van der Waals surface area (Å²) >= 11 is 0. The molecule has 5 heteroatoms. The third-order valence-electron chi connectivity index (χ3n) is 2.31. The summed E-state index contributed by atoms with van der Waals surface area (Å²) in [5, 5.41) is 7.48. The number of ether oxygens (including phenoxy) is 2. The maximum Gasteiger partial charge on any atom is 0.157 e. The Bertz CT molecular complexity index is 289. The van der Waals surface area contributed by atoms with E-state index in [2.05, 4.69) is 17.3 Å². The highest BCUT2D eigenvalue weighted by Crippen LogP contribution is 2.08. The largest absolute Gasteiger partial charge is 0.490 e. The van der Waals surface area contributed by atoms with Gasteiger partial charge in [0.15, 0.2) is 5.75 Å². The molecule has 0 unspecified atom stereocenters. The molecule has 0 spiro atoms. The van der Waals surface area contributed by atoms with Crippen molar-refractivity contribution in [3.8, 4) is 5.75 Å². The third kappa shape index (κ3) is 6.28. The van der Waals surface area contributed by atoms with Crippen molar-refractivity contribution in [2.75, 3.05) is 33.4 Å². The van der Waals surface area contributed by atoms with Crippen LogP contribution in [0.2, 0.25) is 0 Å². The Balaban J connectivity index is 2.01. The van der Waals surface area contributed by atoms with Gasteiger partial charge in [-0.25, -0.2) is 0 Å². The van der Waals surface area contributed by atoms with E-state index in [-0.39, 0.29) is 0 Å². The van der Waals surface area contributed by atoms with Gasteiger partial charge in [-0.3, -0.25) is 4.68 Å². The quantitative estimate of drug-likeness (QED) is 0.627. The Hall–Kier alpha value is -1.07. The zero-order valence-corrected chi connectivity index (χ0v) is 10.8. The second-order valence-corrected chi connectivity index (χ2v) is 3.88. The summed E-state index contributed by atoms with van der Waals surface area (Å²) in [6, 6.07) is 0. The van der Waals surface area contributed by atoms with Crippen LogP contribution < -0.4 is 10.1 Å². The summed E-state index contributed by atoms with van der Waals surface area (Å²) in [5.74, 6) is 0.857. The molecule has 0 aliphatic heterocycles. The van der Waals surface area contributed by atoms with Crippen LogP contribution in [0.5, 0.6) is 5.75 Å². The lowest BCUT2D eigenvalue weighted by molar-refractivity contribution is 0.198. The zero-order valence-electron chi connectivity index (χ0n) is 10.8. The fourth-order valence-electron chi connectivity index (χ4n) is 1.46. The van der Waals surface area contributed by atoms with Crippen molar-refractivity contribution < 1.29 is 9.47 Å². The average molecular weight is 241 g/mol. The van der Waals surface area contributed by atoms with Crippen LogP contribution in [0, 0.1) is 0 Å². The van der Waals surface area contributed by atoms with Crippen LogP contribution >= 0.6 is 0 Å². The van der Waals surface area contributed by atoms with Crippen LogP contribution in [0.25, 0.3) is 0 Å². The topological polar surface area (TPSA) is 48.3 Å². The Morgan fingerprint density at radius 3 is 3.00 bits per heavy atom. The standard InChI is InChI=1S/C12H23N3O2/c1-3-7-15-11-12(10-14-15)17-8-4-5-13-6-9-16-2/h10-11,13H,3-9H2,1-2H3. The van der Waals surface area contributed by atoms with Gasteiger partial charge in [0.25, 0.3) is 0 Å². The molecular formula is C12H23N3O2. The first-order valence-electron chi connectivity index (χ1n) is 6.21. The van der Waals surface area contributed by atoms with Crippen LogP contribution in [0.15, 0.2) is 12.4 Å². The Morgan fingerprint density at radius 2 is 2.24 bits per heavy atom. The highest BCUT2D eigenvalue weighted by atomic mass is 16.5. The lowest BCUT2D eigenvalue weighted by Crippen LogP contribution is -2.21. The third-order valence-corrected chi connectivity index (χ3v) is 2.31. The van der Waals surface area contributed by atoms with Gasteiger partial charge < -0.3 is 14.8 Å². The highest BCUT2D eigenvalue weighted by molar-refractivity contribution is 5.11. The van der Waals surface area contributed by atoms with E-state index in [0.29, 0.717) is 0 Å². The molecule has 0 fully saturated rings. The van der Waals surface area contributed by atoms with Gasteiger partial charge in [0.2, 0.25) is 0 Å². The van der Waals surface area contributed by atoms with Gasteiger partial charge in [0, 0.05) is 20.2 Å². The normalized spacial score (nSPS) is 10.7. The van der Waals surface area contributed by atoms with Crippen molar-refractivity contribution in [2.24, 2.45) is 0 Å². The summed E-state index contributed by atoms with van der Waals surface area (Å²) in [5.41, 5.74) is 0. The van der Waals surface area contributed by atoms with E-state index < -0.39 is 0 Å². The lowest BCUT2D eigenvalue weighted by atomic mass is 10.4. The Labute approximate surface area is 103 Å². The van der Waals surface area contributed by atoms with E-state index >= 15 is 0 Å². The molecule has 0 saturated heterocycles. The molecule has 0 amide bonds. The first-order valence-corrected chi connectivity index (χ1v) is 6.21. The van der Waals surface area contributed by atoms with E-state index in [1.807, 2.05) is 10.9 Å². The molecule has 0 saturated carbocycles. The molecule has 1 heterocycles. The number of rotatable bonds is 10. The molecule has 1 aromatic heterocycles. The van der Waals surface area contributed by atoms with E-state index in [0.717, 1.165) is 51.4 Å². The summed E-state index contributed by atoms with van der Waals surface area (Å²) < 4.78 is 12.4. The summed E-state index contributed by atoms with van der Waals surface area (Å²) in [7, 11) is 1.71. The van der Waals surface area contributed by atoms with Crippen LogP contribution in [0.4, 0.5) is 0 Å². The van der Waals surface area contributed by atoms with E-state index in [9.17, 15) is 0 Å². The van der Waals surface area contributed by atoms with Gasteiger partial charge in [-0.05, 0) is 19.4 Å². The van der Waals surface area contributed by atoms with Gasteiger partial charge >= 0.3 is 0 Å². The molecule has 0 aliphatic rings. The number of hydrogen-bond acceptors (Lipinski definition) is 4. The van der Waals surface area contributed by atoms with Crippen molar-refractivity contribution in [2.45, 2.75) is 26.3 Å². The van der Waals surface area contributed by atoms with Crippen LogP contribution in [0.1, 0.15) is 19.8 Å². The molecular weight excluding hydrogens is 218 g/mol. The molecule has 0 aliphatic carbocycles. The fourth-order valence-corrected chi connectivity index (χ4v) is 1.46.